The van der Waals surface area contributed by atoms with Crippen molar-refractivity contribution in [1.82, 2.24) is 5.32 Å². The molecular weight excluding hydrogens is 272 g/mol. The molecule has 0 aliphatic heterocycles. The van der Waals surface area contributed by atoms with Gasteiger partial charge in [-0.2, -0.15) is 0 Å². The highest BCUT2D eigenvalue weighted by Crippen LogP contribution is 2.45. The van der Waals surface area contributed by atoms with Crippen LogP contribution in [0, 0.1) is 20.8 Å². The summed E-state index contributed by atoms with van der Waals surface area (Å²) in [6.45, 7) is 6.09. The molecular formula is C19H22N2O. The van der Waals surface area contributed by atoms with Gasteiger partial charge in [-0.15, -0.1) is 0 Å². The molecule has 0 bridgehead atoms. The Balaban J connectivity index is 1.73. The Morgan fingerprint density at radius 1 is 0.955 bits per heavy atom. The van der Waals surface area contributed by atoms with Gasteiger partial charge < -0.3 is 10.6 Å². The summed E-state index contributed by atoms with van der Waals surface area (Å²) < 4.78 is 0. The Morgan fingerprint density at radius 3 is 2.09 bits per heavy atom. The number of hydrogen-bond donors (Lipinski definition) is 2. The molecule has 0 spiro atoms. The molecule has 3 rings (SSSR count). The number of benzene rings is 2. The third kappa shape index (κ3) is 2.84. The zero-order valence-corrected chi connectivity index (χ0v) is 13.4. The van der Waals surface area contributed by atoms with Gasteiger partial charge in [0.2, 0.25) is 0 Å². The second-order valence-corrected chi connectivity index (χ2v) is 6.29. The second-order valence-electron chi connectivity index (χ2n) is 6.29. The highest BCUT2D eigenvalue weighted by molar-refractivity contribution is 5.91. The fourth-order valence-corrected chi connectivity index (χ4v) is 2.86. The van der Waals surface area contributed by atoms with Gasteiger partial charge in [-0.3, -0.25) is 0 Å². The molecule has 3 heteroatoms. The average Bonchev–Trinajstić information content (AvgIpc) is 3.24. The maximum Gasteiger partial charge on any atom is 0.319 e. The number of anilines is 1. The van der Waals surface area contributed by atoms with Gasteiger partial charge in [0, 0.05) is 5.69 Å². The first-order valence-corrected chi connectivity index (χ1v) is 7.73. The molecule has 0 saturated heterocycles. The number of aryl methyl sites for hydroxylation is 3. The maximum absolute atomic E-state index is 12.4. The second kappa shape index (κ2) is 5.48. The minimum Gasteiger partial charge on any atom is -0.328 e. The third-order valence-corrected chi connectivity index (χ3v) is 4.43. The number of nitrogens with one attached hydrogen (secondary N) is 2. The highest BCUT2D eigenvalue weighted by atomic mass is 16.2. The molecule has 2 N–H and O–H groups in total. The molecule has 0 atom stereocenters. The number of carbonyl (C=O) groups excluding carboxylic acids is 1. The van der Waals surface area contributed by atoms with Crippen LogP contribution in [0.3, 0.4) is 0 Å². The first-order chi connectivity index (χ1) is 10.5. The lowest BCUT2D eigenvalue weighted by Crippen LogP contribution is -2.38. The van der Waals surface area contributed by atoms with Crippen molar-refractivity contribution in [3.8, 4) is 0 Å². The van der Waals surface area contributed by atoms with E-state index in [9.17, 15) is 4.79 Å². The smallest absolute Gasteiger partial charge is 0.319 e. The van der Waals surface area contributed by atoms with Crippen LogP contribution in [-0.4, -0.2) is 6.03 Å². The molecule has 1 saturated carbocycles. The van der Waals surface area contributed by atoms with Crippen LogP contribution in [-0.2, 0) is 5.54 Å². The molecule has 0 unspecified atom stereocenters. The summed E-state index contributed by atoms with van der Waals surface area (Å²) in [7, 11) is 0. The van der Waals surface area contributed by atoms with Gasteiger partial charge in [-0.1, -0.05) is 48.0 Å². The predicted molar refractivity (Wildman–Crippen MR) is 90.2 cm³/mol. The summed E-state index contributed by atoms with van der Waals surface area (Å²) in [5.41, 5.74) is 5.30. The van der Waals surface area contributed by atoms with Crippen molar-refractivity contribution in [2.75, 3.05) is 5.32 Å². The molecule has 0 aromatic heterocycles. The summed E-state index contributed by atoms with van der Waals surface area (Å²) >= 11 is 0. The van der Waals surface area contributed by atoms with Crippen LogP contribution in [0.4, 0.5) is 10.5 Å². The van der Waals surface area contributed by atoms with E-state index in [1.165, 1.54) is 11.1 Å². The van der Waals surface area contributed by atoms with Crippen molar-refractivity contribution in [2.24, 2.45) is 0 Å². The van der Waals surface area contributed by atoms with Crippen LogP contribution in [0.2, 0.25) is 0 Å². The van der Waals surface area contributed by atoms with Gasteiger partial charge in [0.05, 0.1) is 5.54 Å². The lowest BCUT2D eigenvalue weighted by molar-refractivity contribution is 0.247. The topological polar surface area (TPSA) is 41.1 Å². The summed E-state index contributed by atoms with van der Waals surface area (Å²) in [6.07, 6.45) is 1.99. The van der Waals surface area contributed by atoms with Crippen LogP contribution in [0.5, 0.6) is 0 Å². The molecule has 22 heavy (non-hydrogen) atoms. The number of amides is 2. The van der Waals surface area contributed by atoms with E-state index in [1.807, 2.05) is 32.0 Å². The molecule has 1 fully saturated rings. The van der Waals surface area contributed by atoms with E-state index in [0.717, 1.165) is 29.7 Å². The zero-order valence-electron chi connectivity index (χ0n) is 13.4. The van der Waals surface area contributed by atoms with E-state index < -0.39 is 0 Å². The number of hydrogen-bond acceptors (Lipinski definition) is 1. The van der Waals surface area contributed by atoms with E-state index in [-0.39, 0.29) is 11.6 Å². The fourth-order valence-electron chi connectivity index (χ4n) is 2.86. The van der Waals surface area contributed by atoms with Crippen molar-refractivity contribution in [3.63, 3.8) is 0 Å². The normalized spacial score (nSPS) is 15.2. The van der Waals surface area contributed by atoms with E-state index in [0.29, 0.717) is 0 Å². The van der Waals surface area contributed by atoms with Crippen LogP contribution in [0.1, 0.15) is 35.1 Å². The number of urea groups is 1. The Bertz CT molecular complexity index is 680. The molecule has 2 aromatic carbocycles. The fraction of sp³-hybridized carbons (Fsp3) is 0.316. The quantitative estimate of drug-likeness (QED) is 0.864. The van der Waals surface area contributed by atoms with Gasteiger partial charge in [0.25, 0.3) is 0 Å². The SMILES string of the molecule is Cc1ccc(C2(NC(=O)Nc3c(C)cccc3C)CC2)cc1. The van der Waals surface area contributed by atoms with Crippen molar-refractivity contribution >= 4 is 11.7 Å². The van der Waals surface area contributed by atoms with Crippen molar-refractivity contribution in [2.45, 2.75) is 39.2 Å². The maximum atomic E-state index is 12.4. The van der Waals surface area contributed by atoms with Crippen molar-refractivity contribution < 1.29 is 4.79 Å². The molecule has 0 heterocycles. The van der Waals surface area contributed by atoms with Crippen LogP contribution in [0.25, 0.3) is 0 Å². The monoisotopic (exact) mass is 294 g/mol. The third-order valence-electron chi connectivity index (χ3n) is 4.43. The highest BCUT2D eigenvalue weighted by Gasteiger charge is 2.45. The van der Waals surface area contributed by atoms with Gasteiger partial charge in [0.1, 0.15) is 0 Å². The molecule has 3 nitrogen and oxygen atoms in total. The molecule has 0 radical (unpaired) electrons. The largest absolute Gasteiger partial charge is 0.328 e. The Morgan fingerprint density at radius 2 is 1.55 bits per heavy atom. The van der Waals surface area contributed by atoms with Crippen LogP contribution < -0.4 is 10.6 Å². The lowest BCUT2D eigenvalue weighted by Gasteiger charge is -2.20. The van der Waals surface area contributed by atoms with Gasteiger partial charge >= 0.3 is 6.03 Å². The summed E-state index contributed by atoms with van der Waals surface area (Å²) in [5, 5.41) is 6.16. The Kier molecular flexibility index (Phi) is 3.65. The number of rotatable bonds is 3. The van der Waals surface area contributed by atoms with Gasteiger partial charge in [-0.25, -0.2) is 4.79 Å². The van der Waals surface area contributed by atoms with Gasteiger partial charge in [0.15, 0.2) is 0 Å². The zero-order chi connectivity index (χ0) is 15.7. The van der Waals surface area contributed by atoms with Crippen molar-refractivity contribution in [3.05, 3.63) is 64.7 Å². The van der Waals surface area contributed by atoms with Gasteiger partial charge in [-0.05, 0) is 50.3 Å². The Hall–Kier alpha value is -2.29. The predicted octanol–water partition coefficient (Wildman–Crippen LogP) is 4.42. The standard InChI is InChI=1S/C19H22N2O/c1-13-7-9-16(10-8-13)19(11-12-19)21-18(22)20-17-14(2)5-4-6-15(17)3/h4-10H,11-12H2,1-3H3,(H2,20,21,22). The van der Waals surface area contributed by atoms with Crippen LogP contribution >= 0.6 is 0 Å². The number of carbonyl (C=O) groups is 1. The van der Waals surface area contributed by atoms with E-state index in [2.05, 4.69) is 41.8 Å². The van der Waals surface area contributed by atoms with Crippen LogP contribution in [0.15, 0.2) is 42.5 Å². The Labute approximate surface area is 131 Å². The molecule has 2 amide bonds. The molecule has 1 aliphatic carbocycles. The molecule has 1 aliphatic rings. The average molecular weight is 294 g/mol. The number of para-hydroxylation sites is 1. The summed E-state index contributed by atoms with van der Waals surface area (Å²) in [4.78, 5) is 12.4. The minimum atomic E-state index is -0.186. The molecule has 2 aromatic rings. The first kappa shape index (κ1) is 14.6. The van der Waals surface area contributed by atoms with E-state index >= 15 is 0 Å². The van der Waals surface area contributed by atoms with Crippen molar-refractivity contribution in [1.29, 1.82) is 0 Å². The van der Waals surface area contributed by atoms with E-state index in [4.69, 9.17) is 0 Å². The summed E-state index contributed by atoms with van der Waals surface area (Å²) in [5.74, 6) is 0. The minimum absolute atomic E-state index is 0.129. The lowest BCUT2D eigenvalue weighted by atomic mass is 10.0. The summed E-state index contributed by atoms with van der Waals surface area (Å²) in [6, 6.07) is 14.3. The molecule has 114 valence electrons. The first-order valence-electron chi connectivity index (χ1n) is 7.73. The van der Waals surface area contributed by atoms with E-state index in [1.54, 1.807) is 0 Å².